The molecule has 29 heavy (non-hydrogen) atoms. The average molecular weight is 441 g/mol. The lowest BCUT2D eigenvalue weighted by atomic mass is 10.3. The highest BCUT2D eigenvalue weighted by Crippen LogP contribution is 2.28. The third-order valence-electron chi connectivity index (χ3n) is 4.18. The summed E-state index contributed by atoms with van der Waals surface area (Å²) >= 11 is 11.9. The first-order valence-corrected chi connectivity index (χ1v) is 9.95. The number of carbonyl (C=O) groups is 1. The first kappa shape index (κ1) is 21.4. The maximum Gasteiger partial charge on any atom is 0.260 e. The van der Waals surface area contributed by atoms with E-state index < -0.39 is 6.10 Å². The third-order valence-corrected chi connectivity index (χ3v) is 4.71. The number of rotatable bonds is 8. The number of carbonyl (C=O) groups excluding carboxylic acids is 1. The van der Waals surface area contributed by atoms with Crippen LogP contribution < -0.4 is 19.7 Å². The molecular formula is C19H22Cl2N4O4. The highest BCUT2D eigenvalue weighted by Gasteiger charge is 2.16. The number of aromatic nitrogens is 2. The van der Waals surface area contributed by atoms with E-state index in [1.54, 1.807) is 31.2 Å². The molecule has 156 valence electrons. The van der Waals surface area contributed by atoms with Crippen LogP contribution in [0.15, 0.2) is 30.6 Å². The number of halogens is 2. The molecule has 2 aromatic rings. The van der Waals surface area contributed by atoms with E-state index in [2.05, 4.69) is 20.2 Å². The molecule has 1 fully saturated rings. The van der Waals surface area contributed by atoms with Crippen molar-refractivity contribution in [1.82, 2.24) is 15.3 Å². The Morgan fingerprint density at radius 3 is 2.83 bits per heavy atom. The molecule has 1 saturated heterocycles. The lowest BCUT2D eigenvalue weighted by molar-refractivity contribution is -0.127. The fraction of sp³-hybridized carbons (Fsp3) is 0.421. The largest absolute Gasteiger partial charge is 0.479 e. The van der Waals surface area contributed by atoms with E-state index in [1.165, 1.54) is 6.33 Å². The molecule has 1 aromatic heterocycles. The number of nitrogens with one attached hydrogen (secondary N) is 1. The van der Waals surface area contributed by atoms with E-state index in [0.717, 1.165) is 18.9 Å². The lowest BCUT2D eigenvalue weighted by Crippen LogP contribution is -2.38. The minimum absolute atomic E-state index is 0.264. The van der Waals surface area contributed by atoms with Crippen LogP contribution in [0, 0.1) is 0 Å². The van der Waals surface area contributed by atoms with Crippen molar-refractivity contribution in [2.75, 3.05) is 44.4 Å². The first-order chi connectivity index (χ1) is 14.0. The summed E-state index contributed by atoms with van der Waals surface area (Å²) in [6, 6.07) is 6.61. The van der Waals surface area contributed by atoms with E-state index in [9.17, 15) is 4.79 Å². The van der Waals surface area contributed by atoms with Crippen LogP contribution in [0.1, 0.15) is 6.92 Å². The van der Waals surface area contributed by atoms with Gasteiger partial charge in [0.15, 0.2) is 6.10 Å². The van der Waals surface area contributed by atoms with Gasteiger partial charge in [-0.3, -0.25) is 4.79 Å². The van der Waals surface area contributed by atoms with Crippen molar-refractivity contribution in [3.05, 3.63) is 40.6 Å². The van der Waals surface area contributed by atoms with Crippen LogP contribution in [0.5, 0.6) is 11.6 Å². The summed E-state index contributed by atoms with van der Waals surface area (Å²) in [5.41, 5.74) is 0. The van der Waals surface area contributed by atoms with E-state index in [0.29, 0.717) is 41.4 Å². The third kappa shape index (κ3) is 6.35. The van der Waals surface area contributed by atoms with Gasteiger partial charge in [-0.05, 0) is 25.1 Å². The smallest absolute Gasteiger partial charge is 0.260 e. The molecule has 1 atom stereocenters. The molecule has 0 aliphatic carbocycles. The van der Waals surface area contributed by atoms with Crippen molar-refractivity contribution in [1.29, 1.82) is 0 Å². The second kappa shape index (κ2) is 10.5. The van der Waals surface area contributed by atoms with Crippen molar-refractivity contribution in [3.63, 3.8) is 0 Å². The van der Waals surface area contributed by atoms with Crippen LogP contribution in [0.3, 0.4) is 0 Å². The van der Waals surface area contributed by atoms with Crippen LogP contribution in [0.2, 0.25) is 10.0 Å². The summed E-state index contributed by atoms with van der Waals surface area (Å²) in [5, 5.41) is 3.60. The highest BCUT2D eigenvalue weighted by molar-refractivity contribution is 6.35. The van der Waals surface area contributed by atoms with Gasteiger partial charge in [0.1, 0.15) is 24.5 Å². The van der Waals surface area contributed by atoms with Gasteiger partial charge in [-0.25, -0.2) is 9.97 Å². The van der Waals surface area contributed by atoms with Crippen molar-refractivity contribution < 1.29 is 19.0 Å². The van der Waals surface area contributed by atoms with Gasteiger partial charge in [0, 0.05) is 24.2 Å². The number of hydrogen-bond acceptors (Lipinski definition) is 7. The van der Waals surface area contributed by atoms with Crippen molar-refractivity contribution in [2.24, 2.45) is 0 Å². The van der Waals surface area contributed by atoms with Crippen LogP contribution >= 0.6 is 23.2 Å². The van der Waals surface area contributed by atoms with Gasteiger partial charge in [-0.2, -0.15) is 0 Å². The van der Waals surface area contributed by atoms with Crippen LogP contribution in [0.4, 0.5) is 5.82 Å². The topological polar surface area (TPSA) is 85.8 Å². The van der Waals surface area contributed by atoms with Gasteiger partial charge in [-0.15, -0.1) is 0 Å². The van der Waals surface area contributed by atoms with Gasteiger partial charge in [-0.1, -0.05) is 23.2 Å². The quantitative estimate of drug-likeness (QED) is 0.631. The van der Waals surface area contributed by atoms with Crippen molar-refractivity contribution in [2.45, 2.75) is 13.0 Å². The molecule has 0 saturated carbocycles. The number of nitrogens with zero attached hydrogens (tertiary/aromatic N) is 3. The monoisotopic (exact) mass is 440 g/mol. The van der Waals surface area contributed by atoms with Gasteiger partial charge in [0.2, 0.25) is 5.88 Å². The van der Waals surface area contributed by atoms with Crippen LogP contribution in [0.25, 0.3) is 0 Å². The molecule has 1 aliphatic heterocycles. The number of amides is 1. The molecule has 2 heterocycles. The Labute approximate surface area is 179 Å². The highest BCUT2D eigenvalue weighted by atomic mass is 35.5. The van der Waals surface area contributed by atoms with Crippen LogP contribution in [-0.2, 0) is 9.53 Å². The zero-order valence-electron chi connectivity index (χ0n) is 15.9. The summed E-state index contributed by atoms with van der Waals surface area (Å²) in [6.07, 6.45) is 0.741. The maximum atomic E-state index is 12.2. The summed E-state index contributed by atoms with van der Waals surface area (Å²) in [7, 11) is 0. The molecule has 1 amide bonds. The minimum atomic E-state index is -0.722. The maximum absolute atomic E-state index is 12.2. The van der Waals surface area contributed by atoms with E-state index in [-0.39, 0.29) is 12.5 Å². The Bertz CT molecular complexity index is 834. The van der Waals surface area contributed by atoms with Crippen LogP contribution in [-0.4, -0.2) is 61.4 Å². The number of morpholine rings is 1. The Balaban J connectivity index is 1.42. The number of benzene rings is 1. The van der Waals surface area contributed by atoms with Gasteiger partial charge >= 0.3 is 0 Å². The SMILES string of the molecule is C[C@@H](Oc1ccc(Cl)cc1Cl)C(=O)NCCOc1cc(N2CCOCC2)ncn1. The van der Waals surface area contributed by atoms with E-state index in [4.69, 9.17) is 37.4 Å². The minimum Gasteiger partial charge on any atom is -0.479 e. The van der Waals surface area contributed by atoms with E-state index >= 15 is 0 Å². The first-order valence-electron chi connectivity index (χ1n) is 9.20. The molecule has 1 aromatic carbocycles. The summed E-state index contributed by atoms with van der Waals surface area (Å²) in [5.74, 6) is 1.36. The Morgan fingerprint density at radius 1 is 1.28 bits per heavy atom. The van der Waals surface area contributed by atoms with Gasteiger partial charge < -0.3 is 24.4 Å². The molecule has 0 unspecified atom stereocenters. The molecule has 3 rings (SSSR count). The molecule has 1 N–H and O–H groups in total. The fourth-order valence-corrected chi connectivity index (χ4v) is 3.12. The molecule has 0 radical (unpaired) electrons. The molecule has 8 nitrogen and oxygen atoms in total. The van der Waals surface area contributed by atoms with Crippen molar-refractivity contribution in [3.8, 4) is 11.6 Å². The number of hydrogen-bond donors (Lipinski definition) is 1. The van der Waals surface area contributed by atoms with E-state index in [1.807, 2.05) is 0 Å². The second-order valence-corrected chi connectivity index (χ2v) is 7.13. The zero-order chi connectivity index (χ0) is 20.6. The Morgan fingerprint density at radius 2 is 2.07 bits per heavy atom. The second-order valence-electron chi connectivity index (χ2n) is 6.29. The predicted octanol–water partition coefficient (Wildman–Crippen LogP) is 2.58. The Kier molecular flexibility index (Phi) is 7.74. The summed E-state index contributed by atoms with van der Waals surface area (Å²) in [6.45, 7) is 5.11. The lowest BCUT2D eigenvalue weighted by Gasteiger charge is -2.27. The fourth-order valence-electron chi connectivity index (χ4n) is 2.66. The standard InChI is InChI=1S/C19H22Cl2N4O4/c1-13(29-16-3-2-14(20)10-15(16)21)19(26)22-4-7-28-18-11-17(23-12-24-18)25-5-8-27-9-6-25/h2-3,10-13H,4-9H2,1H3,(H,22,26)/t13-/m1/s1. The van der Waals surface area contributed by atoms with Crippen molar-refractivity contribution >= 4 is 34.9 Å². The van der Waals surface area contributed by atoms with Gasteiger partial charge in [0.25, 0.3) is 5.91 Å². The zero-order valence-corrected chi connectivity index (χ0v) is 17.4. The molecule has 1 aliphatic rings. The average Bonchev–Trinajstić information content (AvgIpc) is 2.74. The molecule has 0 bridgehead atoms. The summed E-state index contributed by atoms with van der Waals surface area (Å²) < 4.78 is 16.5. The number of ether oxygens (including phenoxy) is 3. The normalized spacial score (nSPS) is 14.9. The summed E-state index contributed by atoms with van der Waals surface area (Å²) in [4.78, 5) is 22.7. The molecular weight excluding hydrogens is 419 g/mol. The van der Waals surface area contributed by atoms with Gasteiger partial charge in [0.05, 0.1) is 24.8 Å². The number of anilines is 1. The molecule has 0 spiro atoms. The molecule has 10 heteroatoms. The Hall–Kier alpha value is -2.29. The predicted molar refractivity (Wildman–Crippen MR) is 110 cm³/mol.